The Balaban J connectivity index is 2.12. The van der Waals surface area contributed by atoms with Crippen molar-refractivity contribution < 1.29 is 9.13 Å². The third-order valence-electron chi connectivity index (χ3n) is 3.09. The summed E-state index contributed by atoms with van der Waals surface area (Å²) >= 11 is 3.56. The molecule has 0 unspecified atom stereocenters. The van der Waals surface area contributed by atoms with Gasteiger partial charge in [-0.15, -0.1) is 0 Å². The maximum absolute atomic E-state index is 13.1. The molecular formula is C17H19BrFNO. The first-order chi connectivity index (χ1) is 9.95. The highest BCUT2D eigenvalue weighted by Gasteiger charge is 2.06. The smallest absolute Gasteiger partial charge is 0.130 e. The molecule has 0 radical (unpaired) electrons. The Hall–Kier alpha value is -1.39. The van der Waals surface area contributed by atoms with Crippen molar-refractivity contribution in [2.45, 2.75) is 33.4 Å². The van der Waals surface area contributed by atoms with Crippen molar-refractivity contribution in [1.29, 1.82) is 0 Å². The van der Waals surface area contributed by atoms with Crippen molar-refractivity contribution in [3.63, 3.8) is 0 Å². The molecule has 21 heavy (non-hydrogen) atoms. The molecule has 2 aromatic carbocycles. The first kappa shape index (κ1) is 16.0. The van der Waals surface area contributed by atoms with Crippen LogP contribution in [0.5, 0.6) is 11.5 Å². The van der Waals surface area contributed by atoms with E-state index in [0.717, 1.165) is 22.3 Å². The van der Waals surface area contributed by atoms with Gasteiger partial charge in [0, 0.05) is 17.1 Å². The van der Waals surface area contributed by atoms with Crippen LogP contribution >= 0.6 is 15.9 Å². The van der Waals surface area contributed by atoms with Crippen molar-refractivity contribution in [2.75, 3.05) is 0 Å². The molecule has 2 rings (SSSR count). The van der Waals surface area contributed by atoms with Crippen LogP contribution in [0, 0.1) is 12.7 Å². The van der Waals surface area contributed by atoms with Crippen molar-refractivity contribution in [1.82, 2.24) is 5.32 Å². The molecule has 0 aliphatic heterocycles. The maximum Gasteiger partial charge on any atom is 0.130 e. The average Bonchev–Trinajstić information content (AvgIpc) is 2.41. The van der Waals surface area contributed by atoms with E-state index in [1.165, 1.54) is 17.7 Å². The number of benzene rings is 2. The monoisotopic (exact) mass is 351 g/mol. The van der Waals surface area contributed by atoms with Crippen LogP contribution in [0.15, 0.2) is 40.9 Å². The van der Waals surface area contributed by atoms with E-state index >= 15 is 0 Å². The molecular weight excluding hydrogens is 333 g/mol. The fraction of sp³-hybridized carbons (Fsp3) is 0.294. The molecule has 112 valence electrons. The number of aryl methyl sites for hydroxylation is 1. The summed E-state index contributed by atoms with van der Waals surface area (Å²) < 4.78 is 19.9. The summed E-state index contributed by atoms with van der Waals surface area (Å²) in [5, 5.41) is 3.37. The Bertz CT molecular complexity index is 628. The van der Waals surface area contributed by atoms with Crippen LogP contribution in [0.3, 0.4) is 0 Å². The predicted octanol–water partition coefficient (Wildman–Crippen LogP) is 5.19. The van der Waals surface area contributed by atoms with Gasteiger partial charge in [-0.05, 0) is 48.4 Å². The normalized spacial score (nSPS) is 11.0. The van der Waals surface area contributed by atoms with Gasteiger partial charge in [-0.25, -0.2) is 4.39 Å². The highest BCUT2D eigenvalue weighted by atomic mass is 79.9. The Morgan fingerprint density at radius 1 is 1.19 bits per heavy atom. The minimum Gasteiger partial charge on any atom is -0.457 e. The van der Waals surface area contributed by atoms with E-state index in [2.05, 4.69) is 35.1 Å². The van der Waals surface area contributed by atoms with Crippen molar-refractivity contribution in [2.24, 2.45) is 0 Å². The maximum atomic E-state index is 13.1. The highest BCUT2D eigenvalue weighted by Crippen LogP contribution is 2.29. The lowest BCUT2D eigenvalue weighted by molar-refractivity contribution is 0.475. The van der Waals surface area contributed by atoms with Gasteiger partial charge in [0.05, 0.1) is 0 Å². The molecule has 0 aromatic heterocycles. The van der Waals surface area contributed by atoms with Gasteiger partial charge in [0.25, 0.3) is 0 Å². The van der Waals surface area contributed by atoms with E-state index in [4.69, 9.17) is 4.74 Å². The first-order valence-corrected chi connectivity index (χ1v) is 7.71. The summed E-state index contributed by atoms with van der Waals surface area (Å²) in [6.45, 7) is 6.86. The predicted molar refractivity (Wildman–Crippen MR) is 87.3 cm³/mol. The van der Waals surface area contributed by atoms with Crippen LogP contribution in [-0.4, -0.2) is 6.04 Å². The Labute approximate surface area is 133 Å². The molecule has 2 aromatic rings. The van der Waals surface area contributed by atoms with E-state index in [1.54, 1.807) is 6.07 Å². The fourth-order valence-electron chi connectivity index (χ4n) is 1.90. The van der Waals surface area contributed by atoms with Gasteiger partial charge in [0.2, 0.25) is 0 Å². The molecule has 0 saturated heterocycles. The molecule has 0 amide bonds. The lowest BCUT2D eigenvalue weighted by Gasteiger charge is -2.12. The molecule has 1 N–H and O–H groups in total. The zero-order valence-corrected chi connectivity index (χ0v) is 14.0. The molecule has 4 heteroatoms. The molecule has 2 nitrogen and oxygen atoms in total. The lowest BCUT2D eigenvalue weighted by atomic mass is 10.2. The number of hydrogen-bond acceptors (Lipinski definition) is 2. The Morgan fingerprint density at radius 3 is 2.57 bits per heavy atom. The van der Waals surface area contributed by atoms with Gasteiger partial charge in [-0.2, -0.15) is 0 Å². The summed E-state index contributed by atoms with van der Waals surface area (Å²) in [4.78, 5) is 0. The largest absolute Gasteiger partial charge is 0.457 e. The van der Waals surface area contributed by atoms with Crippen LogP contribution < -0.4 is 10.1 Å². The van der Waals surface area contributed by atoms with E-state index < -0.39 is 0 Å². The van der Waals surface area contributed by atoms with Crippen LogP contribution in [0.2, 0.25) is 0 Å². The van der Waals surface area contributed by atoms with E-state index in [-0.39, 0.29) is 5.82 Å². The molecule has 0 atom stereocenters. The van der Waals surface area contributed by atoms with Crippen molar-refractivity contribution in [3.8, 4) is 11.5 Å². The van der Waals surface area contributed by atoms with Crippen LogP contribution in [-0.2, 0) is 6.54 Å². The van der Waals surface area contributed by atoms with Gasteiger partial charge in [-0.1, -0.05) is 35.8 Å². The van der Waals surface area contributed by atoms with Gasteiger partial charge < -0.3 is 10.1 Å². The minimum absolute atomic E-state index is 0.254. The third kappa shape index (κ3) is 4.55. The summed E-state index contributed by atoms with van der Waals surface area (Å²) in [5.74, 6) is 1.14. The second-order valence-corrected chi connectivity index (χ2v) is 6.16. The first-order valence-electron chi connectivity index (χ1n) is 6.91. The van der Waals surface area contributed by atoms with Gasteiger partial charge >= 0.3 is 0 Å². The Kier molecular flexibility index (Phi) is 5.37. The average molecular weight is 352 g/mol. The van der Waals surface area contributed by atoms with Crippen molar-refractivity contribution >= 4 is 15.9 Å². The zero-order valence-electron chi connectivity index (χ0n) is 12.4. The molecule has 0 saturated carbocycles. The minimum atomic E-state index is -0.254. The van der Waals surface area contributed by atoms with Gasteiger partial charge in [-0.3, -0.25) is 0 Å². The topological polar surface area (TPSA) is 21.3 Å². The van der Waals surface area contributed by atoms with Crippen LogP contribution in [0.1, 0.15) is 25.0 Å². The summed E-state index contributed by atoms with van der Waals surface area (Å²) in [6.07, 6.45) is 0. The van der Waals surface area contributed by atoms with E-state index in [9.17, 15) is 4.39 Å². The van der Waals surface area contributed by atoms with E-state index in [0.29, 0.717) is 11.8 Å². The number of nitrogens with one attached hydrogen (secondary N) is 1. The quantitative estimate of drug-likeness (QED) is 0.800. The van der Waals surface area contributed by atoms with E-state index in [1.807, 2.05) is 25.1 Å². The molecule has 0 aliphatic carbocycles. The molecule has 0 aliphatic rings. The second-order valence-electron chi connectivity index (χ2n) is 5.30. The van der Waals surface area contributed by atoms with Gasteiger partial charge in [0.1, 0.15) is 17.3 Å². The molecule has 0 spiro atoms. The summed E-state index contributed by atoms with van der Waals surface area (Å²) in [7, 11) is 0. The fourth-order valence-corrected chi connectivity index (χ4v) is 2.40. The van der Waals surface area contributed by atoms with Crippen molar-refractivity contribution in [3.05, 3.63) is 57.8 Å². The summed E-state index contributed by atoms with van der Waals surface area (Å²) in [5.41, 5.74) is 1.95. The van der Waals surface area contributed by atoms with Gasteiger partial charge in [0.15, 0.2) is 0 Å². The highest BCUT2D eigenvalue weighted by molar-refractivity contribution is 9.10. The number of rotatable bonds is 5. The number of ether oxygens (including phenoxy) is 1. The third-order valence-corrected chi connectivity index (χ3v) is 3.83. The lowest BCUT2D eigenvalue weighted by Crippen LogP contribution is -2.21. The summed E-state index contributed by atoms with van der Waals surface area (Å²) in [6, 6.07) is 10.8. The standard InChI is InChI=1S/C17H19BrFNO/c1-11(2)20-10-13-4-6-15(9-16(13)18)21-17-7-5-14(19)8-12(17)3/h4-9,11,20H,10H2,1-3H3. The van der Waals surface area contributed by atoms with Crippen LogP contribution in [0.4, 0.5) is 4.39 Å². The number of hydrogen-bond donors (Lipinski definition) is 1. The molecule has 0 fully saturated rings. The SMILES string of the molecule is Cc1cc(F)ccc1Oc1ccc(CNC(C)C)c(Br)c1. The number of halogens is 2. The Morgan fingerprint density at radius 2 is 1.95 bits per heavy atom. The van der Waals surface area contributed by atoms with Crippen LogP contribution in [0.25, 0.3) is 0 Å². The zero-order chi connectivity index (χ0) is 15.4. The molecule has 0 heterocycles. The second kappa shape index (κ2) is 7.05. The molecule has 0 bridgehead atoms.